The minimum Gasteiger partial charge on any atom is -0.507 e. The molecule has 0 spiro atoms. The zero-order chi connectivity index (χ0) is 21.0. The Labute approximate surface area is 161 Å². The van der Waals surface area contributed by atoms with E-state index in [-0.39, 0.29) is 58.4 Å². The van der Waals surface area contributed by atoms with E-state index in [9.17, 15) is 24.6 Å². The van der Waals surface area contributed by atoms with E-state index in [0.29, 0.717) is 0 Å². The summed E-state index contributed by atoms with van der Waals surface area (Å²) in [6.45, 7) is 5.67. The van der Waals surface area contributed by atoms with Crippen LogP contribution in [-0.4, -0.2) is 45.8 Å². The number of benzene rings is 1. The van der Waals surface area contributed by atoms with E-state index in [1.807, 2.05) is 0 Å². The SMILES string of the molecule is CC(=O)c1c(O)c(C)c(O)c2c1OC1=CC(=O)/C(=C(/C)NCCO)C(=O)[C@@]12C. The first kappa shape index (κ1) is 19.6. The lowest BCUT2D eigenvalue weighted by molar-refractivity contribution is -0.123. The molecule has 148 valence electrons. The topological polar surface area (TPSA) is 133 Å². The number of carbonyl (C=O) groups is 3. The minimum atomic E-state index is -1.53. The van der Waals surface area contributed by atoms with Gasteiger partial charge in [0.2, 0.25) is 0 Å². The average Bonchev–Trinajstić information content (AvgIpc) is 2.91. The van der Waals surface area contributed by atoms with Gasteiger partial charge >= 0.3 is 0 Å². The number of allylic oxidation sites excluding steroid dienone is 4. The van der Waals surface area contributed by atoms with E-state index in [1.54, 1.807) is 6.92 Å². The van der Waals surface area contributed by atoms with E-state index in [0.717, 1.165) is 6.08 Å². The second-order valence-corrected chi connectivity index (χ2v) is 7.04. The molecule has 3 rings (SSSR count). The zero-order valence-electron chi connectivity index (χ0n) is 16.0. The summed E-state index contributed by atoms with van der Waals surface area (Å²) >= 11 is 0. The van der Waals surface area contributed by atoms with Crippen molar-refractivity contribution < 1.29 is 34.4 Å². The fraction of sp³-hybridized carbons (Fsp3) is 0.350. The second-order valence-electron chi connectivity index (χ2n) is 7.04. The van der Waals surface area contributed by atoms with Crippen molar-refractivity contribution in [1.82, 2.24) is 5.32 Å². The second kappa shape index (κ2) is 6.49. The van der Waals surface area contributed by atoms with Gasteiger partial charge in [-0.15, -0.1) is 0 Å². The number of carbonyl (C=O) groups excluding carboxylic acids is 3. The van der Waals surface area contributed by atoms with Gasteiger partial charge in [0.05, 0.1) is 17.7 Å². The summed E-state index contributed by atoms with van der Waals surface area (Å²) in [7, 11) is 0. The van der Waals surface area contributed by atoms with Crippen LogP contribution in [-0.2, 0) is 15.0 Å². The number of phenolic OH excluding ortho intramolecular Hbond substituents is 2. The van der Waals surface area contributed by atoms with Crippen molar-refractivity contribution in [3.63, 3.8) is 0 Å². The molecule has 1 aliphatic carbocycles. The molecule has 0 fully saturated rings. The molecule has 0 saturated carbocycles. The number of nitrogens with one attached hydrogen (secondary N) is 1. The van der Waals surface area contributed by atoms with Gasteiger partial charge in [-0.05, 0) is 27.7 Å². The molecule has 4 N–H and O–H groups in total. The molecule has 1 aromatic rings. The van der Waals surface area contributed by atoms with Crippen molar-refractivity contribution in [2.24, 2.45) is 0 Å². The Morgan fingerprint density at radius 2 is 1.86 bits per heavy atom. The van der Waals surface area contributed by atoms with Gasteiger partial charge in [-0.3, -0.25) is 14.4 Å². The molecule has 28 heavy (non-hydrogen) atoms. The van der Waals surface area contributed by atoms with Crippen LogP contribution < -0.4 is 10.1 Å². The highest BCUT2D eigenvalue weighted by Crippen LogP contribution is 2.57. The molecule has 1 heterocycles. The normalized spacial score (nSPS) is 22.2. The standard InChI is InChI=1S/C20H21NO7/c1-8-16(25)14(10(3)23)18-15(17(8)26)20(4)12(28-18)7-11(24)13(19(20)27)9(2)21-5-6-22/h7,21-22,25-26H,5-6H2,1-4H3/b13-9+/t20-/m0/s1. The molecule has 0 saturated heterocycles. The van der Waals surface area contributed by atoms with Gasteiger partial charge in [0.25, 0.3) is 0 Å². The van der Waals surface area contributed by atoms with Crippen LogP contribution in [0, 0.1) is 6.92 Å². The summed E-state index contributed by atoms with van der Waals surface area (Å²) in [5.41, 5.74) is -1.43. The number of hydrogen-bond acceptors (Lipinski definition) is 8. The van der Waals surface area contributed by atoms with Crippen LogP contribution in [0.2, 0.25) is 0 Å². The molecule has 1 aliphatic heterocycles. The number of ether oxygens (including phenoxy) is 1. The quantitative estimate of drug-likeness (QED) is 0.344. The minimum absolute atomic E-state index is 0.0148. The zero-order valence-corrected chi connectivity index (χ0v) is 16.0. The smallest absolute Gasteiger partial charge is 0.194 e. The predicted octanol–water partition coefficient (Wildman–Crippen LogP) is 1.15. The predicted molar refractivity (Wildman–Crippen MR) is 98.4 cm³/mol. The number of Topliss-reactive ketones (excluding diaryl/α,β-unsaturated/α-hetero) is 2. The number of hydrogen-bond donors (Lipinski definition) is 4. The Morgan fingerprint density at radius 3 is 2.43 bits per heavy atom. The van der Waals surface area contributed by atoms with Gasteiger partial charge in [0.15, 0.2) is 17.3 Å². The monoisotopic (exact) mass is 387 g/mol. The molecule has 1 atom stereocenters. The molecular weight excluding hydrogens is 366 g/mol. The van der Waals surface area contributed by atoms with Crippen molar-refractivity contribution in [2.75, 3.05) is 13.2 Å². The summed E-state index contributed by atoms with van der Waals surface area (Å²) in [6.07, 6.45) is 1.15. The van der Waals surface area contributed by atoms with Crippen LogP contribution in [0.3, 0.4) is 0 Å². The molecule has 0 amide bonds. The van der Waals surface area contributed by atoms with Crippen LogP contribution in [0.4, 0.5) is 0 Å². The fourth-order valence-electron chi connectivity index (χ4n) is 3.69. The Morgan fingerprint density at radius 1 is 1.21 bits per heavy atom. The lowest BCUT2D eigenvalue weighted by atomic mass is 9.70. The van der Waals surface area contributed by atoms with Crippen LogP contribution in [0.25, 0.3) is 0 Å². The maximum Gasteiger partial charge on any atom is 0.194 e. The van der Waals surface area contributed by atoms with Gasteiger partial charge in [-0.2, -0.15) is 0 Å². The van der Waals surface area contributed by atoms with Crippen LogP contribution in [0.5, 0.6) is 17.2 Å². The Bertz CT molecular complexity index is 1000. The van der Waals surface area contributed by atoms with Gasteiger partial charge in [0, 0.05) is 23.9 Å². The Kier molecular flexibility index (Phi) is 4.55. The summed E-state index contributed by atoms with van der Waals surface area (Å²) in [6, 6.07) is 0. The number of fused-ring (bicyclic) bond motifs is 3. The van der Waals surface area contributed by atoms with Crippen molar-refractivity contribution in [3.05, 3.63) is 39.8 Å². The molecule has 0 aromatic heterocycles. The highest BCUT2D eigenvalue weighted by molar-refractivity contribution is 6.31. The summed E-state index contributed by atoms with van der Waals surface area (Å²) < 4.78 is 5.67. The van der Waals surface area contributed by atoms with Gasteiger partial charge < -0.3 is 25.4 Å². The number of aliphatic hydroxyl groups excluding tert-OH is 1. The van der Waals surface area contributed by atoms with E-state index in [4.69, 9.17) is 9.84 Å². The van der Waals surface area contributed by atoms with E-state index in [1.165, 1.54) is 20.8 Å². The highest BCUT2D eigenvalue weighted by atomic mass is 16.5. The maximum atomic E-state index is 13.4. The third-order valence-corrected chi connectivity index (χ3v) is 5.26. The van der Waals surface area contributed by atoms with Crippen LogP contribution >= 0.6 is 0 Å². The summed E-state index contributed by atoms with van der Waals surface area (Å²) in [5.74, 6) is -2.63. The molecule has 0 radical (unpaired) electrons. The molecule has 2 aliphatic rings. The summed E-state index contributed by atoms with van der Waals surface area (Å²) in [5, 5.41) is 32.8. The van der Waals surface area contributed by atoms with Crippen molar-refractivity contribution >= 4 is 17.3 Å². The molecule has 1 aromatic carbocycles. The third-order valence-electron chi connectivity index (χ3n) is 5.26. The fourth-order valence-corrected chi connectivity index (χ4v) is 3.69. The van der Waals surface area contributed by atoms with Gasteiger partial charge in [-0.1, -0.05) is 0 Å². The lowest BCUT2D eigenvalue weighted by Crippen LogP contribution is -2.41. The van der Waals surface area contributed by atoms with Crippen LogP contribution in [0.15, 0.2) is 23.1 Å². The average molecular weight is 387 g/mol. The number of ketones is 3. The first-order valence-electron chi connectivity index (χ1n) is 8.71. The Hall–Kier alpha value is -3.13. The first-order valence-corrected chi connectivity index (χ1v) is 8.71. The Balaban J connectivity index is 2.32. The maximum absolute atomic E-state index is 13.4. The number of rotatable bonds is 4. The molecule has 0 unspecified atom stereocenters. The highest BCUT2D eigenvalue weighted by Gasteiger charge is 2.56. The number of phenols is 2. The van der Waals surface area contributed by atoms with Crippen molar-refractivity contribution in [2.45, 2.75) is 33.1 Å². The van der Waals surface area contributed by atoms with Gasteiger partial charge in [0.1, 0.15) is 34.0 Å². The molecule has 8 heteroatoms. The first-order chi connectivity index (χ1) is 13.1. The molecule has 0 bridgehead atoms. The van der Waals surface area contributed by atoms with E-state index >= 15 is 0 Å². The van der Waals surface area contributed by atoms with Gasteiger partial charge in [-0.25, -0.2) is 0 Å². The largest absolute Gasteiger partial charge is 0.507 e. The number of aromatic hydroxyl groups is 2. The molecule has 8 nitrogen and oxygen atoms in total. The van der Waals surface area contributed by atoms with E-state index in [2.05, 4.69) is 5.32 Å². The van der Waals surface area contributed by atoms with Crippen molar-refractivity contribution in [1.29, 1.82) is 0 Å². The van der Waals surface area contributed by atoms with E-state index < -0.39 is 28.5 Å². The van der Waals surface area contributed by atoms with Crippen molar-refractivity contribution in [3.8, 4) is 17.2 Å². The number of aliphatic hydroxyl groups is 1. The van der Waals surface area contributed by atoms with Crippen LogP contribution in [0.1, 0.15) is 42.3 Å². The lowest BCUT2D eigenvalue weighted by Gasteiger charge is -2.29. The third kappa shape index (κ3) is 2.45. The summed E-state index contributed by atoms with van der Waals surface area (Å²) in [4.78, 5) is 38.0. The molecular formula is C20H21NO7.